The summed E-state index contributed by atoms with van der Waals surface area (Å²) in [5, 5.41) is 5.93. The summed E-state index contributed by atoms with van der Waals surface area (Å²) in [6, 6.07) is 12.2. The zero-order chi connectivity index (χ0) is 16.9. The summed E-state index contributed by atoms with van der Waals surface area (Å²) < 4.78 is 0. The van der Waals surface area contributed by atoms with E-state index in [1.165, 1.54) is 5.56 Å². The fourth-order valence-electron chi connectivity index (χ4n) is 2.29. The van der Waals surface area contributed by atoms with Crippen LogP contribution < -0.4 is 5.32 Å². The average Bonchev–Trinajstić information content (AvgIpc) is 3.21. The Morgan fingerprint density at radius 1 is 1.21 bits per heavy atom. The molecule has 5 heteroatoms. The topological polar surface area (TPSA) is 42.0 Å². The molecule has 3 rings (SSSR count). The Bertz CT molecular complexity index is 863. The summed E-state index contributed by atoms with van der Waals surface area (Å²) >= 11 is 3.25. The first kappa shape index (κ1) is 16.6. The third-order valence-corrected chi connectivity index (χ3v) is 5.66. The second kappa shape index (κ2) is 7.55. The summed E-state index contributed by atoms with van der Waals surface area (Å²) in [5.74, 6) is -0.0892. The SMILES string of the molecule is Cc1ccccc1-c1nc(C)c(CNC(=O)C=Cc2cccs2)s1. The average molecular weight is 354 g/mol. The van der Waals surface area contributed by atoms with Gasteiger partial charge in [0.25, 0.3) is 0 Å². The maximum absolute atomic E-state index is 11.9. The molecule has 0 spiro atoms. The van der Waals surface area contributed by atoms with Crippen LogP contribution in [0.2, 0.25) is 0 Å². The molecule has 0 aliphatic carbocycles. The third kappa shape index (κ3) is 3.99. The Kier molecular flexibility index (Phi) is 5.23. The van der Waals surface area contributed by atoms with Gasteiger partial charge in [-0.25, -0.2) is 4.98 Å². The standard InChI is InChI=1S/C19H18N2OS2/c1-13-6-3-4-8-16(13)19-21-14(2)17(24-19)12-20-18(22)10-9-15-7-5-11-23-15/h3-11H,12H2,1-2H3,(H,20,22). The minimum Gasteiger partial charge on any atom is -0.348 e. The second-order valence-corrected chi connectivity index (χ2v) is 7.47. The highest BCUT2D eigenvalue weighted by Crippen LogP contribution is 2.29. The van der Waals surface area contributed by atoms with Gasteiger partial charge in [-0.05, 0) is 36.9 Å². The van der Waals surface area contributed by atoms with Crippen LogP contribution in [0.5, 0.6) is 0 Å². The second-order valence-electron chi connectivity index (χ2n) is 5.41. The molecule has 3 aromatic rings. The van der Waals surface area contributed by atoms with Gasteiger partial charge in [0, 0.05) is 21.4 Å². The van der Waals surface area contributed by atoms with Gasteiger partial charge in [-0.3, -0.25) is 4.79 Å². The van der Waals surface area contributed by atoms with E-state index in [-0.39, 0.29) is 5.91 Å². The maximum atomic E-state index is 11.9. The molecule has 3 nitrogen and oxygen atoms in total. The molecule has 0 atom stereocenters. The van der Waals surface area contributed by atoms with Crippen molar-refractivity contribution in [3.8, 4) is 10.6 Å². The van der Waals surface area contributed by atoms with Gasteiger partial charge in [0.2, 0.25) is 5.91 Å². The Balaban J connectivity index is 1.66. The first-order valence-corrected chi connectivity index (χ1v) is 9.35. The molecule has 2 aromatic heterocycles. The number of nitrogens with zero attached hydrogens (tertiary/aromatic N) is 1. The summed E-state index contributed by atoms with van der Waals surface area (Å²) in [6.07, 6.45) is 3.41. The zero-order valence-corrected chi connectivity index (χ0v) is 15.2. The van der Waals surface area contributed by atoms with Crippen molar-refractivity contribution in [1.29, 1.82) is 0 Å². The molecule has 0 unspecified atom stereocenters. The lowest BCUT2D eigenvalue weighted by Gasteiger charge is -2.01. The number of amides is 1. The number of hydrogen-bond donors (Lipinski definition) is 1. The maximum Gasteiger partial charge on any atom is 0.244 e. The van der Waals surface area contributed by atoms with Crippen molar-refractivity contribution in [3.05, 3.63) is 68.9 Å². The molecule has 122 valence electrons. The van der Waals surface area contributed by atoms with Crippen molar-refractivity contribution in [3.63, 3.8) is 0 Å². The monoisotopic (exact) mass is 354 g/mol. The van der Waals surface area contributed by atoms with E-state index in [4.69, 9.17) is 0 Å². The van der Waals surface area contributed by atoms with Gasteiger partial charge < -0.3 is 5.32 Å². The number of aromatic nitrogens is 1. The van der Waals surface area contributed by atoms with E-state index in [9.17, 15) is 4.79 Å². The minimum atomic E-state index is -0.0892. The molecule has 0 saturated carbocycles. The highest BCUT2D eigenvalue weighted by atomic mass is 32.1. The van der Waals surface area contributed by atoms with E-state index in [1.54, 1.807) is 28.7 Å². The molecule has 2 heterocycles. The molecule has 1 amide bonds. The van der Waals surface area contributed by atoms with Crippen molar-refractivity contribution >= 4 is 34.7 Å². The molecule has 0 bridgehead atoms. The minimum absolute atomic E-state index is 0.0892. The molecule has 1 N–H and O–H groups in total. The number of rotatable bonds is 5. The fraction of sp³-hybridized carbons (Fsp3) is 0.158. The smallest absolute Gasteiger partial charge is 0.244 e. The number of carbonyl (C=O) groups is 1. The van der Waals surface area contributed by atoms with Crippen molar-refractivity contribution < 1.29 is 4.79 Å². The van der Waals surface area contributed by atoms with Crippen molar-refractivity contribution in [2.24, 2.45) is 0 Å². The lowest BCUT2D eigenvalue weighted by atomic mass is 10.1. The van der Waals surface area contributed by atoms with Crippen molar-refractivity contribution in [1.82, 2.24) is 10.3 Å². The molecule has 1 aromatic carbocycles. The van der Waals surface area contributed by atoms with Gasteiger partial charge in [0.1, 0.15) is 5.01 Å². The number of carbonyl (C=O) groups excluding carboxylic acids is 1. The van der Waals surface area contributed by atoms with Crippen LogP contribution in [0.3, 0.4) is 0 Å². The van der Waals surface area contributed by atoms with Crippen LogP contribution in [0.25, 0.3) is 16.6 Å². The predicted octanol–water partition coefficient (Wildman–Crippen LogP) is 4.82. The quantitative estimate of drug-likeness (QED) is 0.668. The Morgan fingerprint density at radius 2 is 2.04 bits per heavy atom. The largest absolute Gasteiger partial charge is 0.348 e. The van der Waals surface area contributed by atoms with Crippen LogP contribution in [0.4, 0.5) is 0 Å². The number of hydrogen-bond acceptors (Lipinski definition) is 4. The summed E-state index contributed by atoms with van der Waals surface area (Å²) in [4.78, 5) is 18.8. The molecule has 0 saturated heterocycles. The van der Waals surface area contributed by atoms with E-state index >= 15 is 0 Å². The van der Waals surface area contributed by atoms with E-state index < -0.39 is 0 Å². The number of aryl methyl sites for hydroxylation is 2. The number of nitrogens with one attached hydrogen (secondary N) is 1. The molecular formula is C19H18N2OS2. The molecule has 0 radical (unpaired) electrons. The lowest BCUT2D eigenvalue weighted by Crippen LogP contribution is -2.19. The molecule has 0 aliphatic rings. The molecule has 24 heavy (non-hydrogen) atoms. The van der Waals surface area contributed by atoms with Crippen LogP contribution in [0, 0.1) is 13.8 Å². The van der Waals surface area contributed by atoms with Crippen LogP contribution in [0.15, 0.2) is 47.9 Å². The van der Waals surface area contributed by atoms with E-state index in [0.29, 0.717) is 6.54 Å². The van der Waals surface area contributed by atoms with Gasteiger partial charge in [0.15, 0.2) is 0 Å². The van der Waals surface area contributed by atoms with Gasteiger partial charge in [-0.1, -0.05) is 30.3 Å². The summed E-state index contributed by atoms with van der Waals surface area (Å²) in [6.45, 7) is 4.58. The van der Waals surface area contributed by atoms with E-state index in [0.717, 1.165) is 26.0 Å². The Hall–Kier alpha value is -2.24. The van der Waals surface area contributed by atoms with Gasteiger partial charge in [-0.15, -0.1) is 22.7 Å². The van der Waals surface area contributed by atoms with Gasteiger partial charge in [-0.2, -0.15) is 0 Å². The first-order chi connectivity index (χ1) is 11.6. The number of thiazole rings is 1. The Labute approximate surface area is 149 Å². The summed E-state index contributed by atoms with van der Waals surface area (Å²) in [7, 11) is 0. The van der Waals surface area contributed by atoms with E-state index in [2.05, 4.69) is 29.4 Å². The van der Waals surface area contributed by atoms with Gasteiger partial charge >= 0.3 is 0 Å². The normalized spacial score (nSPS) is 11.1. The van der Waals surface area contributed by atoms with Gasteiger partial charge in [0.05, 0.1) is 12.2 Å². The highest BCUT2D eigenvalue weighted by molar-refractivity contribution is 7.15. The number of benzene rings is 1. The van der Waals surface area contributed by atoms with Crippen molar-refractivity contribution in [2.45, 2.75) is 20.4 Å². The zero-order valence-electron chi connectivity index (χ0n) is 13.6. The van der Waals surface area contributed by atoms with Crippen LogP contribution in [-0.4, -0.2) is 10.9 Å². The van der Waals surface area contributed by atoms with Crippen LogP contribution >= 0.6 is 22.7 Å². The van der Waals surface area contributed by atoms with E-state index in [1.807, 2.05) is 42.6 Å². The fourth-order valence-corrected chi connectivity index (χ4v) is 4.00. The van der Waals surface area contributed by atoms with Crippen LogP contribution in [-0.2, 0) is 11.3 Å². The predicted molar refractivity (Wildman–Crippen MR) is 102 cm³/mol. The highest BCUT2D eigenvalue weighted by Gasteiger charge is 2.11. The van der Waals surface area contributed by atoms with Crippen molar-refractivity contribution in [2.75, 3.05) is 0 Å². The lowest BCUT2D eigenvalue weighted by molar-refractivity contribution is -0.116. The Morgan fingerprint density at radius 3 is 2.79 bits per heavy atom. The molecule has 0 fully saturated rings. The first-order valence-electron chi connectivity index (χ1n) is 7.65. The molecule has 0 aliphatic heterocycles. The number of thiophene rings is 1. The molecular weight excluding hydrogens is 336 g/mol. The third-order valence-electron chi connectivity index (χ3n) is 3.63. The summed E-state index contributed by atoms with van der Waals surface area (Å²) in [5.41, 5.74) is 3.34. The van der Waals surface area contributed by atoms with Crippen LogP contribution in [0.1, 0.15) is 21.0 Å².